The van der Waals surface area contributed by atoms with E-state index in [1.807, 2.05) is 0 Å². The van der Waals surface area contributed by atoms with E-state index in [2.05, 4.69) is 4.72 Å². The summed E-state index contributed by atoms with van der Waals surface area (Å²) in [6, 6.07) is 3.68. The van der Waals surface area contributed by atoms with E-state index < -0.39 is 15.8 Å². The zero-order valence-corrected chi connectivity index (χ0v) is 11.7. The van der Waals surface area contributed by atoms with Crippen molar-refractivity contribution in [3.05, 3.63) is 29.6 Å². The Morgan fingerprint density at radius 2 is 2.11 bits per heavy atom. The minimum absolute atomic E-state index is 0.0207. The fourth-order valence-electron chi connectivity index (χ4n) is 2.60. The SMILES string of the molecule is Cc1cc(F)cc(S(=O)(=O)N[C@H]2CCC[C@H]2CN)c1. The molecule has 0 spiro atoms. The molecule has 1 aromatic rings. The second-order valence-electron chi connectivity index (χ2n) is 5.12. The molecule has 1 saturated carbocycles. The number of sulfonamides is 1. The van der Waals surface area contributed by atoms with Crippen LogP contribution in [-0.2, 0) is 10.0 Å². The zero-order valence-electron chi connectivity index (χ0n) is 10.9. The van der Waals surface area contributed by atoms with Gasteiger partial charge in [0.1, 0.15) is 5.82 Å². The number of hydrogen-bond donors (Lipinski definition) is 2. The maximum atomic E-state index is 13.3. The molecule has 6 heteroatoms. The molecule has 1 aromatic carbocycles. The maximum absolute atomic E-state index is 13.3. The van der Waals surface area contributed by atoms with E-state index >= 15 is 0 Å². The normalized spacial score (nSPS) is 23.7. The molecule has 1 fully saturated rings. The van der Waals surface area contributed by atoms with E-state index in [1.165, 1.54) is 12.1 Å². The fraction of sp³-hybridized carbons (Fsp3) is 0.538. The fourth-order valence-corrected chi connectivity index (χ4v) is 4.05. The lowest BCUT2D eigenvalue weighted by Crippen LogP contribution is -2.39. The Labute approximate surface area is 113 Å². The minimum Gasteiger partial charge on any atom is -0.330 e. The molecule has 4 nitrogen and oxygen atoms in total. The molecule has 0 radical (unpaired) electrons. The standard InChI is InChI=1S/C13H19FN2O2S/c1-9-5-11(14)7-12(6-9)19(17,18)16-13-4-2-3-10(13)8-15/h5-7,10,13,16H,2-4,8,15H2,1H3/t10-,13-/m0/s1. The Kier molecular flexibility index (Phi) is 4.23. The smallest absolute Gasteiger partial charge is 0.240 e. The van der Waals surface area contributed by atoms with E-state index in [-0.39, 0.29) is 16.9 Å². The number of rotatable bonds is 4. The van der Waals surface area contributed by atoms with Crippen molar-refractivity contribution in [2.75, 3.05) is 6.54 Å². The molecular formula is C13H19FN2O2S. The second-order valence-corrected chi connectivity index (χ2v) is 6.83. The summed E-state index contributed by atoms with van der Waals surface area (Å²) in [4.78, 5) is -0.0207. The van der Waals surface area contributed by atoms with Crippen molar-refractivity contribution in [2.24, 2.45) is 11.7 Å². The largest absolute Gasteiger partial charge is 0.330 e. The topological polar surface area (TPSA) is 72.2 Å². The average molecular weight is 286 g/mol. The van der Waals surface area contributed by atoms with Crippen LogP contribution in [0.1, 0.15) is 24.8 Å². The first kappa shape index (κ1) is 14.4. The van der Waals surface area contributed by atoms with Crippen LogP contribution in [0.4, 0.5) is 4.39 Å². The molecule has 1 aliphatic rings. The predicted molar refractivity (Wildman–Crippen MR) is 71.6 cm³/mol. The first-order valence-electron chi connectivity index (χ1n) is 6.42. The van der Waals surface area contributed by atoms with Crippen LogP contribution in [-0.4, -0.2) is 21.0 Å². The molecule has 0 amide bonds. The number of nitrogens with one attached hydrogen (secondary N) is 1. The molecule has 0 unspecified atom stereocenters. The van der Waals surface area contributed by atoms with Gasteiger partial charge in [-0.1, -0.05) is 6.42 Å². The first-order valence-corrected chi connectivity index (χ1v) is 7.90. The Morgan fingerprint density at radius 3 is 2.74 bits per heavy atom. The first-order chi connectivity index (χ1) is 8.92. The highest BCUT2D eigenvalue weighted by molar-refractivity contribution is 7.89. The van der Waals surface area contributed by atoms with E-state index in [0.717, 1.165) is 25.3 Å². The third-order valence-electron chi connectivity index (χ3n) is 3.59. The summed E-state index contributed by atoms with van der Waals surface area (Å²) in [5.41, 5.74) is 6.22. The summed E-state index contributed by atoms with van der Waals surface area (Å²) < 4.78 is 40.4. The van der Waals surface area contributed by atoms with Gasteiger partial charge in [0.05, 0.1) is 4.90 Å². The van der Waals surface area contributed by atoms with E-state index in [0.29, 0.717) is 12.1 Å². The van der Waals surface area contributed by atoms with Crippen LogP contribution in [0.15, 0.2) is 23.1 Å². The summed E-state index contributed by atoms with van der Waals surface area (Å²) in [7, 11) is -3.68. The van der Waals surface area contributed by atoms with Crippen LogP contribution in [0.25, 0.3) is 0 Å². The van der Waals surface area contributed by atoms with Crippen LogP contribution in [0, 0.1) is 18.7 Å². The summed E-state index contributed by atoms with van der Waals surface area (Å²) in [6.07, 6.45) is 2.69. The lowest BCUT2D eigenvalue weighted by Gasteiger charge is -2.19. The van der Waals surface area contributed by atoms with Gasteiger partial charge in [0.15, 0.2) is 0 Å². The quantitative estimate of drug-likeness (QED) is 0.882. The molecule has 3 N–H and O–H groups in total. The number of halogens is 1. The monoisotopic (exact) mass is 286 g/mol. The van der Waals surface area contributed by atoms with Crippen LogP contribution in [0.3, 0.4) is 0 Å². The van der Waals surface area contributed by atoms with Crippen LogP contribution < -0.4 is 10.5 Å². The number of benzene rings is 1. The van der Waals surface area contributed by atoms with Gasteiger partial charge in [-0.15, -0.1) is 0 Å². The van der Waals surface area contributed by atoms with E-state index in [9.17, 15) is 12.8 Å². The molecule has 0 bridgehead atoms. The maximum Gasteiger partial charge on any atom is 0.240 e. The lowest BCUT2D eigenvalue weighted by atomic mass is 10.1. The lowest BCUT2D eigenvalue weighted by molar-refractivity contribution is 0.452. The molecule has 106 valence electrons. The van der Waals surface area contributed by atoms with Gasteiger partial charge in [0.2, 0.25) is 10.0 Å². The highest BCUT2D eigenvalue weighted by Crippen LogP contribution is 2.26. The van der Waals surface area contributed by atoms with Crippen LogP contribution in [0.2, 0.25) is 0 Å². The Morgan fingerprint density at radius 1 is 1.37 bits per heavy atom. The number of aryl methyl sites for hydroxylation is 1. The third kappa shape index (κ3) is 3.32. The van der Waals surface area contributed by atoms with Crippen LogP contribution in [0.5, 0.6) is 0 Å². The van der Waals surface area contributed by atoms with Crippen molar-refractivity contribution in [1.29, 1.82) is 0 Å². The van der Waals surface area contributed by atoms with Crippen molar-refractivity contribution in [3.8, 4) is 0 Å². The molecule has 0 aliphatic heterocycles. The highest BCUT2D eigenvalue weighted by Gasteiger charge is 2.30. The van der Waals surface area contributed by atoms with E-state index in [4.69, 9.17) is 5.73 Å². The second kappa shape index (κ2) is 5.56. The molecule has 2 rings (SSSR count). The Bertz CT molecular complexity index is 540. The average Bonchev–Trinajstić information content (AvgIpc) is 2.74. The van der Waals surface area contributed by atoms with Gasteiger partial charge in [-0.3, -0.25) is 0 Å². The van der Waals surface area contributed by atoms with Crippen molar-refractivity contribution in [3.63, 3.8) is 0 Å². The predicted octanol–water partition coefficient (Wildman–Crippen LogP) is 1.54. The van der Waals surface area contributed by atoms with Gasteiger partial charge in [-0.25, -0.2) is 17.5 Å². The van der Waals surface area contributed by atoms with Gasteiger partial charge in [-0.2, -0.15) is 0 Å². The zero-order chi connectivity index (χ0) is 14.0. The van der Waals surface area contributed by atoms with Crippen molar-refractivity contribution in [2.45, 2.75) is 37.1 Å². The van der Waals surface area contributed by atoms with Gasteiger partial charge < -0.3 is 5.73 Å². The Balaban J connectivity index is 2.22. The minimum atomic E-state index is -3.68. The highest BCUT2D eigenvalue weighted by atomic mass is 32.2. The molecule has 19 heavy (non-hydrogen) atoms. The molecule has 0 heterocycles. The molecular weight excluding hydrogens is 267 g/mol. The summed E-state index contributed by atoms with van der Waals surface area (Å²) in [6.45, 7) is 2.13. The van der Waals surface area contributed by atoms with Crippen LogP contribution >= 0.6 is 0 Å². The Hall–Kier alpha value is -0.980. The molecule has 0 saturated heterocycles. The molecule has 0 aromatic heterocycles. The summed E-state index contributed by atoms with van der Waals surface area (Å²) in [5.74, 6) is -0.369. The van der Waals surface area contributed by atoms with Crippen molar-refractivity contribution in [1.82, 2.24) is 4.72 Å². The van der Waals surface area contributed by atoms with Crippen molar-refractivity contribution < 1.29 is 12.8 Å². The van der Waals surface area contributed by atoms with Gasteiger partial charge in [-0.05, 0) is 56.0 Å². The number of hydrogen-bond acceptors (Lipinski definition) is 3. The van der Waals surface area contributed by atoms with Gasteiger partial charge in [0, 0.05) is 6.04 Å². The molecule has 2 atom stereocenters. The van der Waals surface area contributed by atoms with Crippen molar-refractivity contribution >= 4 is 10.0 Å². The summed E-state index contributed by atoms with van der Waals surface area (Å²) >= 11 is 0. The molecule has 1 aliphatic carbocycles. The summed E-state index contributed by atoms with van der Waals surface area (Å²) in [5, 5.41) is 0. The number of nitrogens with two attached hydrogens (primary N) is 1. The van der Waals surface area contributed by atoms with E-state index in [1.54, 1.807) is 6.92 Å². The third-order valence-corrected chi connectivity index (χ3v) is 5.06. The van der Waals surface area contributed by atoms with Gasteiger partial charge in [0.25, 0.3) is 0 Å². The van der Waals surface area contributed by atoms with Gasteiger partial charge >= 0.3 is 0 Å².